The number of carbonyl (C=O) groups is 1. The predicted octanol–water partition coefficient (Wildman–Crippen LogP) is 4.48. The van der Waals surface area contributed by atoms with Gasteiger partial charge in [0.25, 0.3) is 0 Å². The Bertz CT molecular complexity index is 694. The number of benzene rings is 1. The number of rotatable bonds is 3. The lowest BCUT2D eigenvalue weighted by molar-refractivity contribution is -0.119. The van der Waals surface area contributed by atoms with Gasteiger partial charge < -0.3 is 10.2 Å². The quantitative estimate of drug-likeness (QED) is 0.824. The van der Waals surface area contributed by atoms with Gasteiger partial charge in [-0.2, -0.15) is 0 Å². The maximum Gasteiger partial charge on any atom is 0.160 e. The van der Waals surface area contributed by atoms with Crippen LogP contribution in [0.4, 0.5) is 5.69 Å². The predicted molar refractivity (Wildman–Crippen MR) is 106 cm³/mol. The zero-order valence-electron chi connectivity index (χ0n) is 16.4. The SMILES string of the molecule is Cc1cc2c(cc1N(C)C)C(=CC(=O)C1CCCCC1)NC(C)(C)C2. The van der Waals surface area contributed by atoms with E-state index in [2.05, 4.69) is 57.2 Å². The fourth-order valence-electron chi connectivity index (χ4n) is 4.35. The van der Waals surface area contributed by atoms with Gasteiger partial charge in [-0.15, -0.1) is 0 Å². The number of carbonyl (C=O) groups excluding carboxylic acids is 1. The average molecular weight is 341 g/mol. The number of aryl methyl sites for hydroxylation is 1. The van der Waals surface area contributed by atoms with Crippen LogP contribution in [0.15, 0.2) is 18.2 Å². The first-order valence-electron chi connectivity index (χ1n) is 9.62. The molecule has 1 aromatic carbocycles. The molecule has 1 aromatic rings. The molecule has 0 spiro atoms. The van der Waals surface area contributed by atoms with Crippen molar-refractivity contribution in [3.05, 3.63) is 34.9 Å². The highest BCUT2D eigenvalue weighted by Crippen LogP contribution is 2.35. The highest BCUT2D eigenvalue weighted by molar-refractivity contribution is 5.99. The van der Waals surface area contributed by atoms with Gasteiger partial charge in [0, 0.05) is 48.6 Å². The molecule has 1 aliphatic carbocycles. The Morgan fingerprint density at radius 1 is 1.20 bits per heavy atom. The smallest absolute Gasteiger partial charge is 0.160 e. The summed E-state index contributed by atoms with van der Waals surface area (Å²) in [6.45, 7) is 6.59. The van der Waals surface area contributed by atoms with Crippen molar-refractivity contribution < 1.29 is 4.79 Å². The van der Waals surface area contributed by atoms with Gasteiger partial charge in [0.2, 0.25) is 0 Å². The van der Waals surface area contributed by atoms with Crippen LogP contribution in [-0.4, -0.2) is 25.4 Å². The van der Waals surface area contributed by atoms with E-state index >= 15 is 0 Å². The van der Waals surface area contributed by atoms with Crippen LogP contribution in [0.2, 0.25) is 0 Å². The standard InChI is InChI=1S/C22H32N2O/c1-15-11-17-14-22(2,3)23-19(18(17)12-20(15)24(4)5)13-21(25)16-9-7-6-8-10-16/h11-13,16,23H,6-10,14H2,1-5H3. The Labute approximate surface area is 152 Å². The third-order valence-corrected chi connectivity index (χ3v) is 5.59. The van der Waals surface area contributed by atoms with Crippen molar-refractivity contribution in [2.75, 3.05) is 19.0 Å². The zero-order chi connectivity index (χ0) is 18.2. The van der Waals surface area contributed by atoms with Crippen LogP contribution in [0.3, 0.4) is 0 Å². The number of hydrogen-bond donors (Lipinski definition) is 1. The second-order valence-corrected chi connectivity index (χ2v) is 8.67. The number of nitrogens with zero attached hydrogens (tertiary/aromatic N) is 1. The molecule has 1 heterocycles. The van der Waals surface area contributed by atoms with Gasteiger partial charge in [-0.3, -0.25) is 4.79 Å². The van der Waals surface area contributed by atoms with Gasteiger partial charge in [-0.05, 0) is 57.2 Å². The first kappa shape index (κ1) is 18.0. The van der Waals surface area contributed by atoms with E-state index in [9.17, 15) is 4.79 Å². The second kappa shape index (κ2) is 6.86. The van der Waals surface area contributed by atoms with E-state index in [1.807, 2.05) is 6.08 Å². The molecule has 2 aliphatic rings. The minimum Gasteiger partial charge on any atom is -0.379 e. The minimum atomic E-state index is -0.0300. The van der Waals surface area contributed by atoms with Crippen molar-refractivity contribution >= 4 is 17.2 Å². The van der Waals surface area contributed by atoms with Crippen molar-refractivity contribution in [2.45, 2.75) is 64.8 Å². The normalized spacial score (nSPS) is 21.6. The van der Waals surface area contributed by atoms with Gasteiger partial charge in [-0.25, -0.2) is 0 Å². The summed E-state index contributed by atoms with van der Waals surface area (Å²) in [5, 5.41) is 3.63. The van der Waals surface area contributed by atoms with Crippen LogP contribution in [0.1, 0.15) is 62.6 Å². The maximum atomic E-state index is 12.8. The van der Waals surface area contributed by atoms with E-state index < -0.39 is 0 Å². The molecule has 1 saturated carbocycles. The Balaban J connectivity index is 2.00. The molecule has 0 bridgehead atoms. The largest absolute Gasteiger partial charge is 0.379 e. The molecular formula is C22H32N2O. The molecule has 0 unspecified atom stereocenters. The third-order valence-electron chi connectivity index (χ3n) is 5.59. The molecule has 136 valence electrons. The van der Waals surface area contributed by atoms with Crippen LogP contribution in [-0.2, 0) is 11.2 Å². The summed E-state index contributed by atoms with van der Waals surface area (Å²) in [6.07, 6.45) is 8.64. The van der Waals surface area contributed by atoms with Gasteiger partial charge in [0.15, 0.2) is 5.78 Å². The summed E-state index contributed by atoms with van der Waals surface area (Å²) in [7, 11) is 4.15. The molecule has 1 fully saturated rings. The van der Waals surface area contributed by atoms with Gasteiger partial charge in [0.05, 0.1) is 0 Å². The summed E-state index contributed by atoms with van der Waals surface area (Å²) in [5.41, 5.74) is 6.02. The molecule has 3 rings (SSSR count). The fourth-order valence-corrected chi connectivity index (χ4v) is 4.35. The van der Waals surface area contributed by atoms with Crippen LogP contribution < -0.4 is 10.2 Å². The molecule has 0 saturated heterocycles. The summed E-state index contributed by atoms with van der Waals surface area (Å²) in [5.74, 6) is 0.521. The second-order valence-electron chi connectivity index (χ2n) is 8.67. The first-order chi connectivity index (χ1) is 11.8. The summed E-state index contributed by atoms with van der Waals surface area (Å²) in [4.78, 5) is 15.0. The van der Waals surface area contributed by atoms with E-state index in [-0.39, 0.29) is 11.5 Å². The summed E-state index contributed by atoms with van der Waals surface area (Å²) < 4.78 is 0. The lowest BCUT2D eigenvalue weighted by atomic mass is 9.82. The lowest BCUT2D eigenvalue weighted by Gasteiger charge is -2.37. The molecule has 0 aromatic heterocycles. The van der Waals surface area contributed by atoms with Crippen molar-refractivity contribution in [1.82, 2.24) is 5.32 Å². The number of fused-ring (bicyclic) bond motifs is 1. The van der Waals surface area contributed by atoms with Gasteiger partial charge in [-0.1, -0.05) is 25.3 Å². The lowest BCUT2D eigenvalue weighted by Crippen LogP contribution is -2.44. The molecule has 3 heteroatoms. The fraction of sp³-hybridized carbons (Fsp3) is 0.591. The highest BCUT2D eigenvalue weighted by Gasteiger charge is 2.30. The van der Waals surface area contributed by atoms with Crippen LogP contribution in [0, 0.1) is 12.8 Å². The molecule has 3 nitrogen and oxygen atoms in total. The molecule has 0 atom stereocenters. The van der Waals surface area contributed by atoms with E-state index in [1.165, 1.54) is 41.6 Å². The number of ketones is 1. The molecular weight excluding hydrogens is 308 g/mol. The summed E-state index contributed by atoms with van der Waals surface area (Å²) in [6, 6.07) is 4.54. The van der Waals surface area contributed by atoms with Crippen molar-refractivity contribution in [1.29, 1.82) is 0 Å². The average Bonchev–Trinajstić information content (AvgIpc) is 2.53. The number of hydrogen-bond acceptors (Lipinski definition) is 3. The Morgan fingerprint density at radius 2 is 1.88 bits per heavy atom. The van der Waals surface area contributed by atoms with E-state index in [0.717, 1.165) is 25.0 Å². The Kier molecular flexibility index (Phi) is 4.95. The maximum absolute atomic E-state index is 12.8. The van der Waals surface area contributed by atoms with Crippen LogP contribution in [0.25, 0.3) is 5.70 Å². The van der Waals surface area contributed by atoms with Crippen molar-refractivity contribution in [3.63, 3.8) is 0 Å². The topological polar surface area (TPSA) is 32.3 Å². The molecule has 1 N–H and O–H groups in total. The molecule has 0 radical (unpaired) electrons. The zero-order valence-corrected chi connectivity index (χ0v) is 16.4. The van der Waals surface area contributed by atoms with E-state index in [4.69, 9.17) is 0 Å². The Morgan fingerprint density at radius 3 is 2.52 bits per heavy atom. The minimum absolute atomic E-state index is 0.0300. The molecule has 1 aliphatic heterocycles. The van der Waals surface area contributed by atoms with Gasteiger partial charge in [0.1, 0.15) is 0 Å². The molecule has 0 amide bonds. The summed E-state index contributed by atoms with van der Waals surface area (Å²) >= 11 is 0. The van der Waals surface area contributed by atoms with E-state index in [1.54, 1.807) is 0 Å². The Hall–Kier alpha value is -1.77. The monoisotopic (exact) mass is 340 g/mol. The first-order valence-corrected chi connectivity index (χ1v) is 9.62. The van der Waals surface area contributed by atoms with E-state index in [0.29, 0.717) is 5.78 Å². The van der Waals surface area contributed by atoms with Crippen molar-refractivity contribution in [3.8, 4) is 0 Å². The van der Waals surface area contributed by atoms with Crippen LogP contribution >= 0.6 is 0 Å². The third kappa shape index (κ3) is 3.91. The number of allylic oxidation sites excluding steroid dienone is 1. The number of anilines is 1. The molecule has 25 heavy (non-hydrogen) atoms. The van der Waals surface area contributed by atoms with Gasteiger partial charge >= 0.3 is 0 Å². The van der Waals surface area contributed by atoms with Crippen molar-refractivity contribution in [2.24, 2.45) is 5.92 Å². The highest BCUT2D eigenvalue weighted by atomic mass is 16.1. The number of nitrogens with one attached hydrogen (secondary N) is 1. The van der Waals surface area contributed by atoms with Crippen LogP contribution in [0.5, 0.6) is 0 Å².